The summed E-state index contributed by atoms with van der Waals surface area (Å²) in [6.07, 6.45) is 0.863. The van der Waals surface area contributed by atoms with Crippen LogP contribution in [0.25, 0.3) is 5.76 Å². The number of hydrogen-bond donors (Lipinski definition) is 2. The molecule has 8 heteroatoms. The van der Waals surface area contributed by atoms with Crippen molar-refractivity contribution in [3.05, 3.63) is 80.5 Å². The molecule has 33 heavy (non-hydrogen) atoms. The van der Waals surface area contributed by atoms with Crippen molar-refractivity contribution in [3.63, 3.8) is 0 Å². The topological polar surface area (TPSA) is 87.1 Å². The lowest BCUT2D eigenvalue weighted by molar-refractivity contribution is -0.132. The minimum atomic E-state index is -0.911. The van der Waals surface area contributed by atoms with Crippen molar-refractivity contribution in [2.24, 2.45) is 0 Å². The van der Waals surface area contributed by atoms with Crippen LogP contribution >= 0.6 is 22.9 Å². The van der Waals surface area contributed by atoms with Crippen LogP contribution in [0.15, 0.2) is 59.5 Å². The number of aryl methyl sites for hydroxylation is 1. The highest BCUT2D eigenvalue weighted by molar-refractivity contribution is 7.10. The molecule has 2 aromatic carbocycles. The molecule has 1 atom stereocenters. The summed E-state index contributed by atoms with van der Waals surface area (Å²) in [6.45, 7) is 4.43. The lowest BCUT2D eigenvalue weighted by Gasteiger charge is -2.25. The summed E-state index contributed by atoms with van der Waals surface area (Å²) in [7, 11) is 0. The number of aromatic hydroxyl groups is 1. The second-order valence-corrected chi connectivity index (χ2v) is 9.06. The summed E-state index contributed by atoms with van der Waals surface area (Å²) in [5.41, 5.74) is 1.23. The van der Waals surface area contributed by atoms with Crippen molar-refractivity contribution in [1.29, 1.82) is 0 Å². The van der Waals surface area contributed by atoms with Gasteiger partial charge in [-0.15, -0.1) is 11.3 Å². The quantitative estimate of drug-likeness (QED) is 0.261. The number of phenols is 1. The fourth-order valence-electron chi connectivity index (χ4n) is 3.81. The van der Waals surface area contributed by atoms with Crippen molar-refractivity contribution < 1.29 is 24.5 Å². The van der Waals surface area contributed by atoms with E-state index in [1.54, 1.807) is 30.3 Å². The third kappa shape index (κ3) is 4.21. The number of benzene rings is 2. The summed E-state index contributed by atoms with van der Waals surface area (Å²) in [5.74, 6) is -1.49. The number of carbonyl (C=O) groups excluding carboxylic acids is 2. The lowest BCUT2D eigenvalue weighted by atomic mass is 9.98. The van der Waals surface area contributed by atoms with E-state index in [1.807, 2.05) is 19.2 Å². The van der Waals surface area contributed by atoms with Gasteiger partial charge in [-0.2, -0.15) is 0 Å². The number of phenolic OH excluding ortho intramolecular Hbond substituents is 1. The zero-order valence-electron chi connectivity index (χ0n) is 18.0. The number of carbonyl (C=O) groups is 2. The number of ether oxygens (including phenoxy) is 1. The molecule has 0 spiro atoms. The van der Waals surface area contributed by atoms with E-state index in [2.05, 4.69) is 0 Å². The molecule has 2 heterocycles. The van der Waals surface area contributed by atoms with Gasteiger partial charge in [0.25, 0.3) is 11.7 Å². The number of halogens is 1. The van der Waals surface area contributed by atoms with Gasteiger partial charge in [-0.3, -0.25) is 14.5 Å². The Balaban J connectivity index is 1.87. The minimum absolute atomic E-state index is 0.0524. The van der Waals surface area contributed by atoms with Crippen LogP contribution in [0.4, 0.5) is 5.69 Å². The lowest BCUT2D eigenvalue weighted by Crippen LogP contribution is -2.29. The van der Waals surface area contributed by atoms with Gasteiger partial charge in [0.2, 0.25) is 0 Å². The molecule has 6 nitrogen and oxygen atoms in total. The number of hydrogen-bond acceptors (Lipinski definition) is 6. The van der Waals surface area contributed by atoms with Gasteiger partial charge >= 0.3 is 0 Å². The van der Waals surface area contributed by atoms with Crippen molar-refractivity contribution in [3.8, 4) is 11.5 Å². The normalized spacial score (nSPS) is 17.5. The van der Waals surface area contributed by atoms with E-state index < -0.39 is 17.7 Å². The first-order chi connectivity index (χ1) is 15.8. The predicted molar refractivity (Wildman–Crippen MR) is 129 cm³/mol. The SMILES string of the molecule is CCCOc1ccc(/C(O)=C2/C(=O)C(=O)N(c3cc(Cl)ccc3O)C2c2cccs2)cc1C. The van der Waals surface area contributed by atoms with Crippen LogP contribution in [0.2, 0.25) is 5.02 Å². The average molecular weight is 484 g/mol. The summed E-state index contributed by atoms with van der Waals surface area (Å²) < 4.78 is 5.70. The second kappa shape index (κ2) is 9.29. The Morgan fingerprint density at radius 2 is 1.97 bits per heavy atom. The monoisotopic (exact) mass is 483 g/mol. The van der Waals surface area contributed by atoms with Crippen LogP contribution in [0.3, 0.4) is 0 Å². The smallest absolute Gasteiger partial charge is 0.300 e. The molecule has 170 valence electrons. The van der Waals surface area contributed by atoms with E-state index in [9.17, 15) is 19.8 Å². The minimum Gasteiger partial charge on any atom is -0.507 e. The first-order valence-corrected chi connectivity index (χ1v) is 11.7. The number of rotatable bonds is 6. The standard InChI is InChI=1S/C25H22ClNO5S/c1-3-10-32-19-9-6-15(12-14(19)2)23(29)21-22(20-5-4-11-33-20)27(25(31)24(21)30)17-13-16(26)7-8-18(17)28/h4-9,11-13,22,28-29H,3,10H2,1-2H3/b23-21-. The molecule has 1 aliphatic heterocycles. The average Bonchev–Trinajstić information content (AvgIpc) is 3.41. The fourth-order valence-corrected chi connectivity index (χ4v) is 4.80. The highest BCUT2D eigenvalue weighted by Gasteiger charge is 2.48. The van der Waals surface area contributed by atoms with Gasteiger partial charge in [-0.1, -0.05) is 24.6 Å². The summed E-state index contributed by atoms with van der Waals surface area (Å²) in [4.78, 5) is 28.1. The van der Waals surface area contributed by atoms with E-state index in [4.69, 9.17) is 16.3 Å². The zero-order chi connectivity index (χ0) is 23.7. The number of thiophene rings is 1. The van der Waals surface area contributed by atoms with Gasteiger partial charge in [0.15, 0.2) is 0 Å². The van der Waals surface area contributed by atoms with Gasteiger partial charge in [0.05, 0.1) is 17.9 Å². The van der Waals surface area contributed by atoms with E-state index >= 15 is 0 Å². The molecule has 0 bridgehead atoms. The Bertz CT molecular complexity index is 1250. The molecular weight excluding hydrogens is 462 g/mol. The van der Waals surface area contributed by atoms with Gasteiger partial charge < -0.3 is 14.9 Å². The molecule has 0 saturated carbocycles. The van der Waals surface area contributed by atoms with Gasteiger partial charge in [0.1, 0.15) is 23.3 Å². The molecule has 2 N–H and O–H groups in total. The van der Waals surface area contributed by atoms with E-state index in [0.29, 0.717) is 27.8 Å². The van der Waals surface area contributed by atoms with Crippen molar-refractivity contribution in [2.75, 3.05) is 11.5 Å². The van der Waals surface area contributed by atoms with Gasteiger partial charge in [0, 0.05) is 15.5 Å². The molecule has 0 aliphatic carbocycles. The van der Waals surface area contributed by atoms with Crippen LogP contribution in [-0.2, 0) is 9.59 Å². The number of anilines is 1. The van der Waals surface area contributed by atoms with Crippen molar-refractivity contribution in [2.45, 2.75) is 26.3 Å². The first kappa shape index (κ1) is 22.9. The number of Topliss-reactive ketones (excluding diaryl/α,β-unsaturated/α-hetero) is 1. The Hall–Kier alpha value is -3.29. The molecule has 1 unspecified atom stereocenters. The summed E-state index contributed by atoms with van der Waals surface area (Å²) in [6, 6.07) is 12.0. The summed E-state index contributed by atoms with van der Waals surface area (Å²) in [5, 5.41) is 23.8. The molecule has 1 saturated heterocycles. The highest BCUT2D eigenvalue weighted by atomic mass is 35.5. The number of aliphatic hydroxyl groups is 1. The number of nitrogens with zero attached hydrogens (tertiary/aromatic N) is 1. The molecule has 1 aliphatic rings. The maximum absolute atomic E-state index is 13.2. The Morgan fingerprint density at radius 1 is 1.18 bits per heavy atom. The first-order valence-electron chi connectivity index (χ1n) is 10.4. The van der Waals surface area contributed by atoms with Crippen molar-refractivity contribution >= 4 is 46.1 Å². The Kier molecular flexibility index (Phi) is 6.44. The van der Waals surface area contributed by atoms with E-state index in [1.165, 1.54) is 34.4 Å². The number of ketones is 1. The third-order valence-corrected chi connectivity index (χ3v) is 6.52. The Morgan fingerprint density at radius 3 is 2.64 bits per heavy atom. The zero-order valence-corrected chi connectivity index (χ0v) is 19.6. The number of amides is 1. The molecule has 1 aromatic heterocycles. The van der Waals surface area contributed by atoms with Crippen LogP contribution in [0, 0.1) is 6.92 Å². The molecule has 1 amide bonds. The van der Waals surface area contributed by atoms with Gasteiger partial charge in [-0.25, -0.2) is 0 Å². The maximum Gasteiger partial charge on any atom is 0.300 e. The van der Waals surface area contributed by atoms with Crippen LogP contribution < -0.4 is 9.64 Å². The van der Waals surface area contributed by atoms with E-state index in [-0.39, 0.29) is 22.8 Å². The van der Waals surface area contributed by atoms with Crippen LogP contribution in [-0.4, -0.2) is 28.5 Å². The molecule has 1 fully saturated rings. The third-order valence-electron chi connectivity index (χ3n) is 5.36. The highest BCUT2D eigenvalue weighted by Crippen LogP contribution is 2.46. The van der Waals surface area contributed by atoms with Crippen molar-refractivity contribution in [1.82, 2.24) is 0 Å². The molecular formula is C25H22ClNO5S. The molecule has 0 radical (unpaired) electrons. The van der Waals surface area contributed by atoms with Crippen LogP contribution in [0.5, 0.6) is 11.5 Å². The molecule has 3 aromatic rings. The maximum atomic E-state index is 13.2. The van der Waals surface area contributed by atoms with E-state index in [0.717, 1.165) is 12.0 Å². The second-order valence-electron chi connectivity index (χ2n) is 7.65. The number of aliphatic hydroxyl groups excluding tert-OH is 1. The Labute approximate surface area is 200 Å². The fraction of sp³-hybridized carbons (Fsp3) is 0.200. The van der Waals surface area contributed by atoms with Gasteiger partial charge in [-0.05, 0) is 66.8 Å². The largest absolute Gasteiger partial charge is 0.507 e. The summed E-state index contributed by atoms with van der Waals surface area (Å²) >= 11 is 7.45. The predicted octanol–water partition coefficient (Wildman–Crippen LogP) is 5.83. The van der Waals surface area contributed by atoms with Crippen LogP contribution in [0.1, 0.15) is 35.4 Å². The molecule has 4 rings (SSSR count).